The van der Waals surface area contributed by atoms with Gasteiger partial charge in [0.25, 0.3) is 0 Å². The fraction of sp³-hybridized carbons (Fsp3) is 0.118. The zero-order valence-corrected chi connectivity index (χ0v) is 13.8. The van der Waals surface area contributed by atoms with Gasteiger partial charge in [0.1, 0.15) is 6.42 Å². The molecular formula is C17H15Cl2N2O2+. The smallest absolute Gasteiger partial charge is 0.353 e. The van der Waals surface area contributed by atoms with Crippen molar-refractivity contribution in [3.05, 3.63) is 75.6 Å². The number of para-hydroxylation sites is 2. The van der Waals surface area contributed by atoms with Crippen LogP contribution >= 0.6 is 23.2 Å². The Bertz CT molecular complexity index is 740. The molecule has 4 nitrogen and oxygen atoms in total. The fourth-order valence-corrected chi connectivity index (χ4v) is 2.51. The topological polar surface area (TPSA) is 49.2 Å². The lowest BCUT2D eigenvalue weighted by Gasteiger charge is -2.13. The molecular weight excluding hydrogens is 335 g/mol. The first-order chi connectivity index (χ1) is 11.0. The van der Waals surface area contributed by atoms with Gasteiger partial charge in [-0.05, 0) is 29.8 Å². The van der Waals surface area contributed by atoms with Crippen molar-refractivity contribution < 1.29 is 9.55 Å². The SMILES string of the molecule is C=CC[N+](=O)C(=O)Cc1ccccc1Nc1c(Cl)cccc1Cl. The Morgan fingerprint density at radius 2 is 1.78 bits per heavy atom. The van der Waals surface area contributed by atoms with Crippen molar-refractivity contribution in [2.24, 2.45) is 0 Å². The molecule has 1 N–H and O–H groups in total. The van der Waals surface area contributed by atoms with Crippen LogP contribution in [0.15, 0.2) is 55.1 Å². The Balaban J connectivity index is 2.26. The predicted octanol–water partition coefficient (Wildman–Crippen LogP) is 4.77. The van der Waals surface area contributed by atoms with Crippen molar-refractivity contribution in [1.29, 1.82) is 0 Å². The Labute approximate surface area is 144 Å². The summed E-state index contributed by atoms with van der Waals surface area (Å²) < 4.78 is 0.381. The molecule has 0 aliphatic rings. The minimum absolute atomic E-state index is 0.0252. The van der Waals surface area contributed by atoms with Gasteiger partial charge < -0.3 is 5.32 Å². The fourth-order valence-electron chi connectivity index (χ4n) is 2.02. The summed E-state index contributed by atoms with van der Waals surface area (Å²) in [7, 11) is 0. The van der Waals surface area contributed by atoms with E-state index in [4.69, 9.17) is 23.2 Å². The molecule has 6 heteroatoms. The molecule has 23 heavy (non-hydrogen) atoms. The molecule has 0 radical (unpaired) electrons. The van der Waals surface area contributed by atoms with E-state index >= 15 is 0 Å². The summed E-state index contributed by atoms with van der Waals surface area (Å²) in [5, 5.41) is 4.07. The summed E-state index contributed by atoms with van der Waals surface area (Å²) in [6.45, 7) is 3.41. The molecule has 2 aromatic carbocycles. The van der Waals surface area contributed by atoms with Crippen LogP contribution in [0.25, 0.3) is 0 Å². The molecule has 0 unspecified atom stereocenters. The molecule has 0 aliphatic carbocycles. The summed E-state index contributed by atoms with van der Waals surface area (Å²) in [6, 6.07) is 12.4. The number of hydrogen-bond donors (Lipinski definition) is 1. The number of rotatable bonds is 6. The number of benzene rings is 2. The van der Waals surface area contributed by atoms with Gasteiger partial charge in [-0.2, -0.15) is 0 Å². The Hall–Kier alpha value is -2.17. The van der Waals surface area contributed by atoms with Gasteiger partial charge in [0.15, 0.2) is 0 Å². The van der Waals surface area contributed by atoms with Crippen LogP contribution in [0.1, 0.15) is 5.56 Å². The van der Waals surface area contributed by atoms with Crippen molar-refractivity contribution in [1.82, 2.24) is 0 Å². The van der Waals surface area contributed by atoms with Crippen molar-refractivity contribution in [2.75, 3.05) is 11.9 Å². The highest BCUT2D eigenvalue weighted by atomic mass is 35.5. The number of anilines is 2. The predicted molar refractivity (Wildman–Crippen MR) is 93.6 cm³/mol. The largest absolute Gasteiger partial charge is 0.437 e. The lowest BCUT2D eigenvalue weighted by molar-refractivity contribution is -0.458. The van der Waals surface area contributed by atoms with Gasteiger partial charge in [0.05, 0.1) is 20.5 Å². The van der Waals surface area contributed by atoms with Crippen LogP contribution in [-0.2, 0) is 11.2 Å². The number of nitrogens with zero attached hydrogens (tertiary/aromatic N) is 1. The maximum absolute atomic E-state index is 11.9. The van der Waals surface area contributed by atoms with E-state index in [-0.39, 0.29) is 13.0 Å². The summed E-state index contributed by atoms with van der Waals surface area (Å²) >= 11 is 12.3. The monoisotopic (exact) mass is 349 g/mol. The average molecular weight is 350 g/mol. The molecule has 0 aliphatic heterocycles. The maximum Gasteiger partial charge on any atom is 0.437 e. The molecule has 0 bridgehead atoms. The van der Waals surface area contributed by atoms with Crippen LogP contribution in [0.4, 0.5) is 11.4 Å². The molecule has 0 saturated heterocycles. The van der Waals surface area contributed by atoms with Crippen LogP contribution in [0.2, 0.25) is 10.0 Å². The first-order valence-corrected chi connectivity index (χ1v) is 7.66. The van der Waals surface area contributed by atoms with Crippen LogP contribution in [0.5, 0.6) is 0 Å². The maximum atomic E-state index is 11.9. The number of carbonyl (C=O) groups excluding carboxylic acids is 1. The molecule has 0 heterocycles. The van der Waals surface area contributed by atoms with Crippen LogP contribution in [0.3, 0.4) is 0 Å². The van der Waals surface area contributed by atoms with Gasteiger partial charge in [-0.3, -0.25) is 0 Å². The second-order valence-electron chi connectivity index (χ2n) is 4.80. The molecule has 1 amide bonds. The highest BCUT2D eigenvalue weighted by Gasteiger charge is 2.22. The minimum atomic E-state index is -0.538. The third kappa shape index (κ3) is 4.41. The molecule has 0 saturated carbocycles. The van der Waals surface area contributed by atoms with Crippen molar-refractivity contribution in [3.8, 4) is 0 Å². The van der Waals surface area contributed by atoms with Gasteiger partial charge in [-0.25, -0.2) is 4.79 Å². The summed E-state index contributed by atoms with van der Waals surface area (Å²) in [6.07, 6.45) is 1.36. The number of nitroso groups, excluding NO2 is 1. The van der Waals surface area contributed by atoms with Crippen molar-refractivity contribution >= 4 is 40.5 Å². The Kier molecular flexibility index (Phi) is 5.90. The van der Waals surface area contributed by atoms with Gasteiger partial charge in [-0.1, -0.05) is 54.0 Å². The average Bonchev–Trinajstić information content (AvgIpc) is 2.52. The van der Waals surface area contributed by atoms with Crippen molar-refractivity contribution in [3.63, 3.8) is 0 Å². The highest BCUT2D eigenvalue weighted by Crippen LogP contribution is 2.33. The van der Waals surface area contributed by atoms with Crippen molar-refractivity contribution in [2.45, 2.75) is 6.42 Å². The van der Waals surface area contributed by atoms with E-state index < -0.39 is 5.91 Å². The molecule has 0 atom stereocenters. The van der Waals surface area contributed by atoms with Crippen LogP contribution in [0, 0.1) is 4.91 Å². The Morgan fingerprint density at radius 1 is 1.13 bits per heavy atom. The second-order valence-corrected chi connectivity index (χ2v) is 5.61. The summed E-state index contributed by atoms with van der Waals surface area (Å²) in [5.41, 5.74) is 1.90. The first-order valence-electron chi connectivity index (χ1n) is 6.90. The second kappa shape index (κ2) is 7.90. The zero-order valence-electron chi connectivity index (χ0n) is 12.3. The molecule has 2 rings (SSSR count). The molecule has 0 spiro atoms. The van der Waals surface area contributed by atoms with E-state index in [1.807, 2.05) is 6.07 Å². The summed E-state index contributed by atoms with van der Waals surface area (Å²) in [4.78, 5) is 23.5. The quantitative estimate of drug-likeness (QED) is 0.603. The third-order valence-corrected chi connectivity index (χ3v) is 3.78. The first kappa shape index (κ1) is 17.2. The number of nitrogens with one attached hydrogen (secondary N) is 1. The van der Waals surface area contributed by atoms with Gasteiger partial charge >= 0.3 is 5.91 Å². The third-order valence-electron chi connectivity index (χ3n) is 3.15. The molecule has 2 aromatic rings. The van der Waals surface area contributed by atoms with E-state index in [2.05, 4.69) is 11.9 Å². The van der Waals surface area contributed by atoms with Crippen LogP contribution in [-0.4, -0.2) is 17.2 Å². The number of hydrogen-bond acceptors (Lipinski definition) is 3. The molecule has 0 fully saturated rings. The van der Waals surface area contributed by atoms with E-state index in [1.165, 1.54) is 6.08 Å². The number of halogens is 2. The van der Waals surface area contributed by atoms with Gasteiger partial charge in [0.2, 0.25) is 6.54 Å². The van der Waals surface area contributed by atoms with Crippen LogP contribution < -0.4 is 5.32 Å². The normalized spacial score (nSPS) is 10.2. The number of amides is 1. The molecule has 118 valence electrons. The van der Waals surface area contributed by atoms with E-state index in [9.17, 15) is 9.70 Å². The van der Waals surface area contributed by atoms with E-state index in [0.717, 1.165) is 0 Å². The zero-order chi connectivity index (χ0) is 16.8. The highest BCUT2D eigenvalue weighted by molar-refractivity contribution is 6.39. The summed E-state index contributed by atoms with van der Waals surface area (Å²) in [5.74, 6) is -0.538. The van der Waals surface area contributed by atoms with E-state index in [1.54, 1.807) is 36.4 Å². The van der Waals surface area contributed by atoms with Gasteiger partial charge in [0, 0.05) is 10.6 Å². The Morgan fingerprint density at radius 3 is 2.43 bits per heavy atom. The van der Waals surface area contributed by atoms with E-state index in [0.29, 0.717) is 31.7 Å². The standard InChI is InChI=1S/C17H15Cl2N2O2/c1-2-10-21(23)16(22)11-12-6-3-4-9-15(12)20-17-13(18)7-5-8-14(17)19/h2-9,20H,1,10-11H2/q+1. The minimum Gasteiger partial charge on any atom is -0.353 e. The molecule has 0 aromatic heterocycles. The number of carbonyl (C=O) groups is 1. The lowest BCUT2D eigenvalue weighted by Crippen LogP contribution is -2.20. The van der Waals surface area contributed by atoms with Gasteiger partial charge in [-0.15, -0.1) is 0 Å². The lowest BCUT2D eigenvalue weighted by atomic mass is 10.1.